The summed E-state index contributed by atoms with van der Waals surface area (Å²) in [5.41, 5.74) is 2.49. The average Bonchev–Trinajstić information content (AvgIpc) is 2.39. The van der Waals surface area contributed by atoms with Crippen molar-refractivity contribution in [2.45, 2.75) is 6.54 Å². The highest BCUT2D eigenvalue weighted by Crippen LogP contribution is 2.11. The van der Waals surface area contributed by atoms with Crippen LogP contribution in [0.4, 0.5) is 0 Å². The van der Waals surface area contributed by atoms with Crippen LogP contribution in [-0.2, 0) is 6.54 Å². The van der Waals surface area contributed by atoms with Gasteiger partial charge in [0.05, 0.1) is 0 Å². The van der Waals surface area contributed by atoms with Crippen LogP contribution in [0.25, 0.3) is 0 Å². The van der Waals surface area contributed by atoms with Gasteiger partial charge in [-0.1, -0.05) is 30.4 Å². The molecule has 0 aromatic heterocycles. The van der Waals surface area contributed by atoms with E-state index in [0.717, 1.165) is 43.3 Å². The number of thiocarbonyl (C=S) groups is 1. The Bertz CT molecular complexity index is 411. The SMILES string of the molecule is CN(C)C(=S)c1cccc(CN2CCNCC2)c1. The first-order chi connectivity index (χ1) is 8.66. The molecule has 1 aliphatic heterocycles. The van der Waals surface area contributed by atoms with Crippen LogP contribution in [-0.4, -0.2) is 55.1 Å². The number of benzene rings is 1. The number of rotatable bonds is 3. The fraction of sp³-hybridized carbons (Fsp3) is 0.500. The molecule has 18 heavy (non-hydrogen) atoms. The molecule has 1 aliphatic rings. The topological polar surface area (TPSA) is 18.5 Å². The third kappa shape index (κ3) is 3.51. The molecule has 3 nitrogen and oxygen atoms in total. The van der Waals surface area contributed by atoms with Crippen LogP contribution in [0, 0.1) is 0 Å². The summed E-state index contributed by atoms with van der Waals surface area (Å²) < 4.78 is 0. The van der Waals surface area contributed by atoms with Gasteiger partial charge in [0.2, 0.25) is 0 Å². The van der Waals surface area contributed by atoms with Gasteiger partial charge in [0.1, 0.15) is 4.99 Å². The Balaban J connectivity index is 2.04. The largest absolute Gasteiger partial charge is 0.368 e. The van der Waals surface area contributed by atoms with Crippen molar-refractivity contribution in [3.63, 3.8) is 0 Å². The minimum atomic E-state index is 0.900. The first kappa shape index (κ1) is 13.5. The first-order valence-corrected chi connectivity index (χ1v) is 6.81. The van der Waals surface area contributed by atoms with Gasteiger partial charge in [0.25, 0.3) is 0 Å². The van der Waals surface area contributed by atoms with Gasteiger partial charge in [0, 0.05) is 52.4 Å². The predicted octanol–water partition coefficient (Wildman–Crippen LogP) is 1.33. The van der Waals surface area contributed by atoms with E-state index in [1.807, 2.05) is 19.0 Å². The molecule has 1 aromatic rings. The van der Waals surface area contributed by atoms with Gasteiger partial charge in [-0.2, -0.15) is 0 Å². The summed E-state index contributed by atoms with van der Waals surface area (Å²) in [5.74, 6) is 0. The molecule has 1 saturated heterocycles. The molecule has 1 heterocycles. The Morgan fingerprint density at radius 3 is 2.72 bits per heavy atom. The number of piperazine rings is 1. The molecule has 0 amide bonds. The van der Waals surface area contributed by atoms with Crippen molar-refractivity contribution in [2.24, 2.45) is 0 Å². The summed E-state index contributed by atoms with van der Waals surface area (Å²) in [5, 5.41) is 3.38. The lowest BCUT2D eigenvalue weighted by atomic mass is 10.1. The Labute approximate surface area is 115 Å². The smallest absolute Gasteiger partial charge is 0.108 e. The van der Waals surface area contributed by atoms with E-state index >= 15 is 0 Å². The number of hydrogen-bond donors (Lipinski definition) is 1. The molecule has 0 radical (unpaired) electrons. The van der Waals surface area contributed by atoms with Crippen LogP contribution >= 0.6 is 12.2 Å². The van der Waals surface area contributed by atoms with E-state index in [4.69, 9.17) is 12.2 Å². The van der Waals surface area contributed by atoms with Gasteiger partial charge in [-0.25, -0.2) is 0 Å². The van der Waals surface area contributed by atoms with E-state index in [-0.39, 0.29) is 0 Å². The van der Waals surface area contributed by atoms with Gasteiger partial charge in [-0.3, -0.25) is 4.90 Å². The minimum absolute atomic E-state index is 0.900. The fourth-order valence-electron chi connectivity index (χ4n) is 2.19. The molecule has 0 bridgehead atoms. The molecule has 0 aliphatic carbocycles. The monoisotopic (exact) mass is 263 g/mol. The third-order valence-corrected chi connectivity index (χ3v) is 3.80. The zero-order valence-corrected chi connectivity index (χ0v) is 12.0. The Morgan fingerprint density at radius 1 is 1.33 bits per heavy atom. The lowest BCUT2D eigenvalue weighted by Crippen LogP contribution is -2.42. The molecule has 0 spiro atoms. The van der Waals surface area contributed by atoms with Gasteiger partial charge in [-0.05, 0) is 11.6 Å². The third-order valence-electron chi connectivity index (χ3n) is 3.20. The van der Waals surface area contributed by atoms with E-state index in [2.05, 4.69) is 34.5 Å². The lowest BCUT2D eigenvalue weighted by molar-refractivity contribution is 0.233. The van der Waals surface area contributed by atoms with E-state index in [1.165, 1.54) is 5.56 Å². The Kier molecular flexibility index (Phi) is 4.69. The predicted molar refractivity (Wildman–Crippen MR) is 80.0 cm³/mol. The second kappa shape index (κ2) is 6.27. The van der Waals surface area contributed by atoms with Crippen LogP contribution in [0.2, 0.25) is 0 Å². The van der Waals surface area contributed by atoms with Crippen LogP contribution < -0.4 is 5.32 Å². The zero-order valence-electron chi connectivity index (χ0n) is 11.1. The van der Waals surface area contributed by atoms with Crippen LogP contribution in [0.15, 0.2) is 24.3 Å². The van der Waals surface area contributed by atoms with Crippen molar-refractivity contribution in [2.75, 3.05) is 40.3 Å². The Hall–Kier alpha value is -0.970. The lowest BCUT2D eigenvalue weighted by Gasteiger charge is -2.27. The molecule has 0 atom stereocenters. The highest BCUT2D eigenvalue weighted by molar-refractivity contribution is 7.80. The van der Waals surface area contributed by atoms with Gasteiger partial charge in [-0.15, -0.1) is 0 Å². The molecule has 1 N–H and O–H groups in total. The second-order valence-electron chi connectivity index (χ2n) is 4.93. The first-order valence-electron chi connectivity index (χ1n) is 6.40. The van der Waals surface area contributed by atoms with Crippen molar-refractivity contribution in [1.82, 2.24) is 15.1 Å². The molecule has 4 heteroatoms. The highest BCUT2D eigenvalue weighted by Gasteiger charge is 2.10. The highest BCUT2D eigenvalue weighted by atomic mass is 32.1. The van der Waals surface area contributed by atoms with E-state index < -0.39 is 0 Å². The minimum Gasteiger partial charge on any atom is -0.368 e. The van der Waals surface area contributed by atoms with Gasteiger partial charge >= 0.3 is 0 Å². The molecule has 0 saturated carbocycles. The summed E-state index contributed by atoms with van der Waals surface area (Å²) in [6.45, 7) is 5.46. The summed E-state index contributed by atoms with van der Waals surface area (Å²) in [6.07, 6.45) is 0. The molecule has 1 aromatic carbocycles. The normalized spacial score (nSPS) is 16.6. The fourth-order valence-corrected chi connectivity index (χ4v) is 2.32. The van der Waals surface area contributed by atoms with Crippen LogP contribution in [0.5, 0.6) is 0 Å². The summed E-state index contributed by atoms with van der Waals surface area (Å²) >= 11 is 5.41. The van der Waals surface area contributed by atoms with Gasteiger partial charge < -0.3 is 10.2 Å². The zero-order chi connectivity index (χ0) is 13.0. The van der Waals surface area contributed by atoms with Crippen LogP contribution in [0.1, 0.15) is 11.1 Å². The summed E-state index contributed by atoms with van der Waals surface area (Å²) in [4.78, 5) is 5.37. The van der Waals surface area contributed by atoms with E-state index in [9.17, 15) is 0 Å². The average molecular weight is 263 g/mol. The number of hydrogen-bond acceptors (Lipinski definition) is 3. The summed E-state index contributed by atoms with van der Waals surface area (Å²) in [6, 6.07) is 8.58. The quantitative estimate of drug-likeness (QED) is 0.829. The maximum atomic E-state index is 5.41. The van der Waals surface area contributed by atoms with Crippen molar-refractivity contribution < 1.29 is 0 Å². The molecule has 0 unspecified atom stereocenters. The van der Waals surface area contributed by atoms with Crippen molar-refractivity contribution in [3.05, 3.63) is 35.4 Å². The maximum absolute atomic E-state index is 5.41. The summed E-state index contributed by atoms with van der Waals surface area (Å²) in [7, 11) is 3.98. The molecule has 1 fully saturated rings. The second-order valence-corrected chi connectivity index (χ2v) is 5.31. The van der Waals surface area contributed by atoms with Crippen LogP contribution in [0.3, 0.4) is 0 Å². The molecule has 2 rings (SSSR count). The number of nitrogens with zero attached hydrogens (tertiary/aromatic N) is 2. The van der Waals surface area contributed by atoms with E-state index in [1.54, 1.807) is 0 Å². The molecule has 98 valence electrons. The standard InChI is InChI=1S/C14H21N3S/c1-16(2)14(18)13-5-3-4-12(10-13)11-17-8-6-15-7-9-17/h3-5,10,15H,6-9,11H2,1-2H3. The molecular weight excluding hydrogens is 242 g/mol. The van der Waals surface area contributed by atoms with E-state index in [0.29, 0.717) is 0 Å². The molecular formula is C14H21N3S. The van der Waals surface area contributed by atoms with Crippen molar-refractivity contribution in [1.29, 1.82) is 0 Å². The number of nitrogens with one attached hydrogen (secondary N) is 1. The van der Waals surface area contributed by atoms with Gasteiger partial charge in [0.15, 0.2) is 0 Å². The Morgan fingerprint density at radius 2 is 2.06 bits per heavy atom. The van der Waals surface area contributed by atoms with Crippen molar-refractivity contribution in [3.8, 4) is 0 Å². The maximum Gasteiger partial charge on any atom is 0.108 e. The van der Waals surface area contributed by atoms with Crippen molar-refractivity contribution >= 4 is 17.2 Å².